The van der Waals surface area contributed by atoms with E-state index in [1.807, 2.05) is 18.2 Å². The maximum atomic E-state index is 6.07. The van der Waals surface area contributed by atoms with Crippen LogP contribution in [0.2, 0.25) is 0 Å². The standard InChI is InChI=1S/C22H40N4O/c1-8-23-21(24-15-11-12-16-26(7)18(2)3)25-17-19-13-9-10-14-20(19)27-22(4,5)6/h9-10,13-14,18H,8,11-12,15-17H2,1-7H3,(H2,23,24,25). The number of benzene rings is 1. The smallest absolute Gasteiger partial charge is 0.191 e. The molecule has 0 aliphatic heterocycles. The number of nitrogens with one attached hydrogen (secondary N) is 2. The Morgan fingerprint density at radius 2 is 1.85 bits per heavy atom. The quantitative estimate of drug-likeness (QED) is 0.368. The number of nitrogens with zero attached hydrogens (tertiary/aromatic N) is 2. The van der Waals surface area contributed by atoms with E-state index >= 15 is 0 Å². The van der Waals surface area contributed by atoms with Crippen LogP contribution in [0.15, 0.2) is 29.3 Å². The lowest BCUT2D eigenvalue weighted by molar-refractivity contribution is 0.129. The molecular weight excluding hydrogens is 336 g/mol. The predicted octanol–water partition coefficient (Wildman–Crippen LogP) is 4.04. The topological polar surface area (TPSA) is 48.9 Å². The van der Waals surface area contributed by atoms with E-state index in [0.717, 1.165) is 43.3 Å². The lowest BCUT2D eigenvalue weighted by Gasteiger charge is -2.23. The number of rotatable bonds is 10. The van der Waals surface area contributed by atoms with Gasteiger partial charge in [-0.25, -0.2) is 4.99 Å². The van der Waals surface area contributed by atoms with Crippen molar-refractivity contribution in [1.82, 2.24) is 15.5 Å². The van der Waals surface area contributed by atoms with E-state index in [1.54, 1.807) is 0 Å². The normalized spacial score (nSPS) is 12.6. The molecule has 0 aromatic heterocycles. The highest BCUT2D eigenvalue weighted by Crippen LogP contribution is 2.23. The molecule has 5 heteroatoms. The molecule has 5 nitrogen and oxygen atoms in total. The molecule has 2 N–H and O–H groups in total. The van der Waals surface area contributed by atoms with Gasteiger partial charge < -0.3 is 20.3 Å². The van der Waals surface area contributed by atoms with Gasteiger partial charge in [0.2, 0.25) is 0 Å². The number of hydrogen-bond donors (Lipinski definition) is 2. The third-order valence-electron chi connectivity index (χ3n) is 4.25. The van der Waals surface area contributed by atoms with E-state index in [9.17, 15) is 0 Å². The molecule has 0 saturated carbocycles. The molecule has 1 aromatic rings. The number of para-hydroxylation sites is 1. The van der Waals surface area contributed by atoms with Crippen molar-refractivity contribution in [3.8, 4) is 5.75 Å². The van der Waals surface area contributed by atoms with Crippen LogP contribution in [-0.2, 0) is 6.54 Å². The first-order valence-electron chi connectivity index (χ1n) is 10.2. The predicted molar refractivity (Wildman–Crippen MR) is 117 cm³/mol. The minimum absolute atomic E-state index is 0.217. The third kappa shape index (κ3) is 10.2. The van der Waals surface area contributed by atoms with Gasteiger partial charge in [-0.15, -0.1) is 0 Å². The summed E-state index contributed by atoms with van der Waals surface area (Å²) in [6, 6.07) is 8.74. The van der Waals surface area contributed by atoms with Crippen molar-refractivity contribution in [3.05, 3.63) is 29.8 Å². The molecule has 0 atom stereocenters. The zero-order valence-electron chi connectivity index (χ0n) is 18.4. The summed E-state index contributed by atoms with van der Waals surface area (Å²) in [6.07, 6.45) is 2.31. The van der Waals surface area contributed by atoms with Crippen LogP contribution in [0.1, 0.15) is 59.9 Å². The van der Waals surface area contributed by atoms with Gasteiger partial charge in [-0.3, -0.25) is 0 Å². The highest BCUT2D eigenvalue weighted by atomic mass is 16.5. The number of guanidine groups is 1. The summed E-state index contributed by atoms with van der Waals surface area (Å²) in [4.78, 5) is 7.12. The summed E-state index contributed by atoms with van der Waals surface area (Å²) in [5.74, 6) is 1.77. The van der Waals surface area contributed by atoms with Crippen LogP contribution in [-0.4, -0.2) is 49.2 Å². The Labute approximate surface area is 166 Å². The van der Waals surface area contributed by atoms with Crippen LogP contribution >= 0.6 is 0 Å². The van der Waals surface area contributed by atoms with Crippen LogP contribution in [0.4, 0.5) is 0 Å². The highest BCUT2D eigenvalue weighted by molar-refractivity contribution is 5.79. The van der Waals surface area contributed by atoms with Crippen molar-refractivity contribution in [2.45, 2.75) is 72.6 Å². The number of ether oxygens (including phenoxy) is 1. The number of hydrogen-bond acceptors (Lipinski definition) is 3. The first-order chi connectivity index (χ1) is 12.7. The summed E-state index contributed by atoms with van der Waals surface area (Å²) < 4.78 is 6.07. The van der Waals surface area contributed by atoms with Crippen LogP contribution in [0, 0.1) is 0 Å². The first-order valence-corrected chi connectivity index (χ1v) is 10.2. The van der Waals surface area contributed by atoms with Crippen LogP contribution < -0.4 is 15.4 Å². The van der Waals surface area contributed by atoms with Crippen LogP contribution in [0.25, 0.3) is 0 Å². The Morgan fingerprint density at radius 3 is 2.48 bits per heavy atom. The zero-order chi connectivity index (χ0) is 20.3. The molecule has 0 amide bonds. The Balaban J connectivity index is 2.57. The molecule has 0 aliphatic carbocycles. The average Bonchev–Trinajstić information content (AvgIpc) is 2.58. The summed E-state index contributed by atoms with van der Waals surface area (Å²) in [5.41, 5.74) is 0.884. The first kappa shape index (κ1) is 23.3. The Hall–Kier alpha value is -1.75. The average molecular weight is 377 g/mol. The lowest BCUT2D eigenvalue weighted by Crippen LogP contribution is -2.38. The van der Waals surface area contributed by atoms with Gasteiger partial charge in [0.15, 0.2) is 5.96 Å². The molecule has 0 bridgehead atoms. The second-order valence-corrected chi connectivity index (χ2v) is 8.23. The van der Waals surface area contributed by atoms with E-state index in [4.69, 9.17) is 9.73 Å². The number of unbranched alkanes of at least 4 members (excludes halogenated alkanes) is 1. The Bertz CT molecular complexity index is 564. The maximum Gasteiger partial charge on any atom is 0.191 e. The molecule has 1 rings (SSSR count). The fourth-order valence-electron chi connectivity index (χ4n) is 2.52. The molecule has 0 unspecified atom stereocenters. The van der Waals surface area contributed by atoms with E-state index in [1.165, 1.54) is 6.42 Å². The van der Waals surface area contributed by atoms with E-state index < -0.39 is 0 Å². The monoisotopic (exact) mass is 376 g/mol. The largest absolute Gasteiger partial charge is 0.488 e. The molecule has 0 aliphatic rings. The van der Waals surface area contributed by atoms with Crippen molar-refractivity contribution in [2.24, 2.45) is 4.99 Å². The second-order valence-electron chi connectivity index (χ2n) is 8.23. The Kier molecular flexibility index (Phi) is 10.2. The van der Waals surface area contributed by atoms with Gasteiger partial charge in [0.05, 0.1) is 6.54 Å². The minimum Gasteiger partial charge on any atom is -0.488 e. The second kappa shape index (κ2) is 11.9. The van der Waals surface area contributed by atoms with Crippen molar-refractivity contribution in [1.29, 1.82) is 0 Å². The van der Waals surface area contributed by atoms with Gasteiger partial charge in [-0.05, 0) is 74.0 Å². The molecule has 0 heterocycles. The summed E-state index contributed by atoms with van der Waals surface area (Å²) >= 11 is 0. The molecule has 27 heavy (non-hydrogen) atoms. The van der Waals surface area contributed by atoms with Crippen molar-refractivity contribution in [3.63, 3.8) is 0 Å². The van der Waals surface area contributed by atoms with Crippen LogP contribution in [0.5, 0.6) is 5.75 Å². The maximum absolute atomic E-state index is 6.07. The van der Waals surface area contributed by atoms with E-state index in [0.29, 0.717) is 12.6 Å². The third-order valence-corrected chi connectivity index (χ3v) is 4.25. The molecule has 0 spiro atoms. The molecule has 1 aromatic carbocycles. The summed E-state index contributed by atoms with van der Waals surface area (Å²) in [5, 5.41) is 6.77. The molecular formula is C22H40N4O. The van der Waals surface area contributed by atoms with Gasteiger partial charge in [-0.2, -0.15) is 0 Å². The molecule has 0 radical (unpaired) electrons. The van der Waals surface area contributed by atoms with Crippen LogP contribution in [0.3, 0.4) is 0 Å². The fourth-order valence-corrected chi connectivity index (χ4v) is 2.52. The zero-order valence-corrected chi connectivity index (χ0v) is 18.4. The molecule has 0 fully saturated rings. The fraction of sp³-hybridized carbons (Fsp3) is 0.682. The van der Waals surface area contributed by atoms with Gasteiger partial charge in [0, 0.05) is 24.7 Å². The number of aliphatic imine (C=N–C) groups is 1. The highest BCUT2D eigenvalue weighted by Gasteiger charge is 2.14. The van der Waals surface area contributed by atoms with E-state index in [-0.39, 0.29) is 5.60 Å². The van der Waals surface area contributed by atoms with Gasteiger partial charge in [0.1, 0.15) is 11.4 Å². The van der Waals surface area contributed by atoms with Crippen molar-refractivity contribution >= 4 is 5.96 Å². The van der Waals surface area contributed by atoms with E-state index in [2.05, 4.69) is 70.2 Å². The summed E-state index contributed by atoms with van der Waals surface area (Å²) in [7, 11) is 2.18. The van der Waals surface area contributed by atoms with Gasteiger partial charge in [0.25, 0.3) is 0 Å². The Morgan fingerprint density at radius 1 is 1.15 bits per heavy atom. The molecule has 154 valence electrons. The van der Waals surface area contributed by atoms with Gasteiger partial charge in [-0.1, -0.05) is 18.2 Å². The lowest BCUT2D eigenvalue weighted by atomic mass is 10.1. The van der Waals surface area contributed by atoms with Crippen molar-refractivity contribution < 1.29 is 4.74 Å². The minimum atomic E-state index is -0.217. The SMILES string of the molecule is CCNC(=NCc1ccccc1OC(C)(C)C)NCCCCN(C)C(C)C. The van der Waals surface area contributed by atoms with Gasteiger partial charge >= 0.3 is 0 Å². The van der Waals surface area contributed by atoms with Crippen molar-refractivity contribution in [2.75, 3.05) is 26.7 Å². The molecule has 0 saturated heterocycles. The summed E-state index contributed by atoms with van der Waals surface area (Å²) in [6.45, 7) is 16.2.